The van der Waals surface area contributed by atoms with Gasteiger partial charge in [-0.15, -0.1) is 0 Å². The molecule has 1 aliphatic heterocycles. The van der Waals surface area contributed by atoms with Crippen molar-refractivity contribution in [3.63, 3.8) is 0 Å². The predicted octanol–water partition coefficient (Wildman–Crippen LogP) is 0.278. The lowest BCUT2D eigenvalue weighted by Gasteiger charge is -2.31. The minimum Gasteiger partial charge on any atom is -0.370 e. The van der Waals surface area contributed by atoms with E-state index in [-0.39, 0.29) is 11.9 Å². The van der Waals surface area contributed by atoms with Gasteiger partial charge in [-0.25, -0.2) is 0 Å². The second-order valence-corrected chi connectivity index (χ2v) is 5.45. The maximum Gasteiger partial charge on any atom is 0.221 e. The van der Waals surface area contributed by atoms with Gasteiger partial charge in [0.05, 0.1) is 0 Å². The van der Waals surface area contributed by atoms with Crippen molar-refractivity contribution in [2.75, 3.05) is 32.7 Å². The van der Waals surface area contributed by atoms with Crippen LogP contribution in [0.25, 0.3) is 0 Å². The van der Waals surface area contributed by atoms with Crippen molar-refractivity contribution in [2.45, 2.75) is 39.0 Å². The lowest BCUT2D eigenvalue weighted by Crippen LogP contribution is -2.36. The molecule has 6 nitrogen and oxygen atoms in total. The number of nitrogens with one attached hydrogen (secondary N) is 1. The fourth-order valence-electron chi connectivity index (χ4n) is 2.48. The van der Waals surface area contributed by atoms with E-state index in [1.54, 1.807) is 0 Å². The van der Waals surface area contributed by atoms with E-state index in [1.807, 2.05) is 0 Å². The van der Waals surface area contributed by atoms with E-state index >= 15 is 0 Å². The monoisotopic (exact) mass is 283 g/mol. The van der Waals surface area contributed by atoms with Gasteiger partial charge in [0, 0.05) is 26.1 Å². The highest BCUT2D eigenvalue weighted by atomic mass is 16.1. The highest BCUT2D eigenvalue weighted by molar-refractivity contribution is 5.76. The Morgan fingerprint density at radius 2 is 2.05 bits per heavy atom. The van der Waals surface area contributed by atoms with E-state index in [2.05, 4.69) is 22.1 Å². The van der Waals surface area contributed by atoms with E-state index in [0.29, 0.717) is 19.5 Å². The molecule has 0 aromatic rings. The molecule has 0 aromatic heterocycles. The average Bonchev–Trinajstić information content (AvgIpc) is 2.45. The summed E-state index contributed by atoms with van der Waals surface area (Å²) in [5, 5.41) is 2.90. The van der Waals surface area contributed by atoms with Gasteiger partial charge < -0.3 is 21.7 Å². The zero-order valence-corrected chi connectivity index (χ0v) is 12.6. The van der Waals surface area contributed by atoms with Crippen molar-refractivity contribution in [1.29, 1.82) is 0 Å². The number of hydrogen-bond acceptors (Lipinski definition) is 3. The highest BCUT2D eigenvalue weighted by Gasteiger charge is 2.17. The van der Waals surface area contributed by atoms with Gasteiger partial charge in [0.25, 0.3) is 0 Å². The van der Waals surface area contributed by atoms with Gasteiger partial charge >= 0.3 is 0 Å². The molecule has 0 radical (unpaired) electrons. The number of likely N-dealkylation sites (tertiary alicyclic amines) is 1. The first kappa shape index (κ1) is 16.8. The van der Waals surface area contributed by atoms with E-state index in [1.165, 1.54) is 19.3 Å². The topological polar surface area (TPSA) is 96.7 Å². The second-order valence-electron chi connectivity index (χ2n) is 5.45. The van der Waals surface area contributed by atoms with Crippen LogP contribution in [0.4, 0.5) is 0 Å². The quantitative estimate of drug-likeness (QED) is 0.338. The number of amides is 1. The Kier molecular flexibility index (Phi) is 8.02. The largest absolute Gasteiger partial charge is 0.370 e. The number of rotatable bonds is 8. The number of guanidine groups is 1. The van der Waals surface area contributed by atoms with Crippen molar-refractivity contribution in [1.82, 2.24) is 10.2 Å². The number of carbonyl (C=O) groups is 1. The van der Waals surface area contributed by atoms with Crippen LogP contribution in [0.1, 0.15) is 39.0 Å². The molecule has 1 rings (SSSR count). The minimum atomic E-state index is 0.104. The molecule has 0 saturated carbocycles. The smallest absolute Gasteiger partial charge is 0.221 e. The van der Waals surface area contributed by atoms with Crippen molar-refractivity contribution < 1.29 is 4.79 Å². The molecule has 1 fully saturated rings. The maximum atomic E-state index is 11.7. The first-order valence-electron chi connectivity index (χ1n) is 7.66. The molecule has 1 amide bonds. The van der Waals surface area contributed by atoms with Crippen LogP contribution in [0.5, 0.6) is 0 Å². The third-order valence-electron chi connectivity index (χ3n) is 3.89. The average molecular weight is 283 g/mol. The summed E-state index contributed by atoms with van der Waals surface area (Å²) in [4.78, 5) is 17.9. The van der Waals surface area contributed by atoms with Gasteiger partial charge in [-0.1, -0.05) is 13.3 Å². The summed E-state index contributed by atoms with van der Waals surface area (Å²) in [5.74, 6) is 1.11. The van der Waals surface area contributed by atoms with Gasteiger partial charge in [0.15, 0.2) is 5.96 Å². The molecule has 0 atom stereocenters. The Labute approximate surface area is 122 Å². The molecule has 1 heterocycles. The molecule has 20 heavy (non-hydrogen) atoms. The molecule has 0 spiro atoms. The Bertz CT molecular complexity index is 307. The van der Waals surface area contributed by atoms with Gasteiger partial charge in [-0.2, -0.15) is 0 Å². The van der Waals surface area contributed by atoms with Crippen LogP contribution in [0.15, 0.2) is 4.99 Å². The fraction of sp³-hybridized carbons (Fsp3) is 0.857. The summed E-state index contributed by atoms with van der Waals surface area (Å²) in [6.07, 6.45) is 5.18. The zero-order valence-electron chi connectivity index (χ0n) is 12.6. The molecular formula is C14H29N5O. The SMILES string of the molecule is CCC1CCN(CCC(=O)NCCCN=C(N)N)CC1. The van der Waals surface area contributed by atoms with Crippen LogP contribution >= 0.6 is 0 Å². The lowest BCUT2D eigenvalue weighted by molar-refractivity contribution is -0.121. The van der Waals surface area contributed by atoms with Crippen molar-refractivity contribution in [3.05, 3.63) is 0 Å². The van der Waals surface area contributed by atoms with Gasteiger partial charge in [-0.05, 0) is 38.3 Å². The summed E-state index contributed by atoms with van der Waals surface area (Å²) >= 11 is 0. The molecular weight excluding hydrogens is 254 g/mol. The number of carbonyl (C=O) groups excluding carboxylic acids is 1. The van der Waals surface area contributed by atoms with Gasteiger partial charge in [0.2, 0.25) is 5.91 Å². The Morgan fingerprint density at radius 1 is 1.35 bits per heavy atom. The van der Waals surface area contributed by atoms with Crippen LogP contribution in [0.3, 0.4) is 0 Å². The first-order valence-corrected chi connectivity index (χ1v) is 7.66. The number of hydrogen-bond donors (Lipinski definition) is 3. The van der Waals surface area contributed by atoms with E-state index in [0.717, 1.165) is 32.0 Å². The number of nitrogens with two attached hydrogens (primary N) is 2. The summed E-state index contributed by atoms with van der Waals surface area (Å²) in [7, 11) is 0. The van der Waals surface area contributed by atoms with Crippen molar-refractivity contribution >= 4 is 11.9 Å². The summed E-state index contributed by atoms with van der Waals surface area (Å²) in [6.45, 7) is 6.60. The van der Waals surface area contributed by atoms with Gasteiger partial charge in [-0.3, -0.25) is 9.79 Å². The third kappa shape index (κ3) is 7.33. The number of aliphatic imine (C=N–C) groups is 1. The standard InChI is InChI=1S/C14H29N5O/c1-2-12-4-9-19(10-5-12)11-6-13(20)17-7-3-8-18-14(15)16/h12H,2-11H2,1H3,(H,17,20)(H4,15,16,18). The van der Waals surface area contributed by atoms with Crippen molar-refractivity contribution in [3.8, 4) is 0 Å². The minimum absolute atomic E-state index is 0.104. The van der Waals surface area contributed by atoms with Crippen LogP contribution in [0.2, 0.25) is 0 Å². The third-order valence-corrected chi connectivity index (χ3v) is 3.89. The van der Waals surface area contributed by atoms with Crippen LogP contribution in [0, 0.1) is 5.92 Å². The van der Waals surface area contributed by atoms with Crippen LogP contribution < -0.4 is 16.8 Å². The normalized spacial score (nSPS) is 16.9. The summed E-state index contributed by atoms with van der Waals surface area (Å²) in [5.41, 5.74) is 10.4. The Hall–Kier alpha value is -1.30. The maximum absolute atomic E-state index is 11.7. The molecule has 0 aliphatic carbocycles. The van der Waals surface area contributed by atoms with E-state index < -0.39 is 0 Å². The molecule has 5 N–H and O–H groups in total. The summed E-state index contributed by atoms with van der Waals surface area (Å²) in [6, 6.07) is 0. The molecule has 1 aliphatic rings. The van der Waals surface area contributed by atoms with Gasteiger partial charge in [0.1, 0.15) is 0 Å². The number of nitrogens with zero attached hydrogens (tertiary/aromatic N) is 2. The molecule has 116 valence electrons. The van der Waals surface area contributed by atoms with Crippen molar-refractivity contribution in [2.24, 2.45) is 22.4 Å². The molecule has 6 heteroatoms. The zero-order chi connectivity index (χ0) is 14.8. The van der Waals surface area contributed by atoms with E-state index in [9.17, 15) is 4.79 Å². The molecule has 1 saturated heterocycles. The molecule has 0 aromatic carbocycles. The Balaban J connectivity index is 2.01. The highest BCUT2D eigenvalue weighted by Crippen LogP contribution is 2.19. The fourth-order valence-corrected chi connectivity index (χ4v) is 2.48. The van der Waals surface area contributed by atoms with Crippen LogP contribution in [-0.4, -0.2) is 49.5 Å². The molecule has 0 bridgehead atoms. The Morgan fingerprint density at radius 3 is 2.65 bits per heavy atom. The first-order chi connectivity index (χ1) is 9.61. The van der Waals surface area contributed by atoms with Crippen LogP contribution in [-0.2, 0) is 4.79 Å². The number of piperidine rings is 1. The summed E-state index contributed by atoms with van der Waals surface area (Å²) < 4.78 is 0. The second kappa shape index (κ2) is 9.58. The lowest BCUT2D eigenvalue weighted by atomic mass is 9.94. The predicted molar refractivity (Wildman–Crippen MR) is 82.4 cm³/mol. The van der Waals surface area contributed by atoms with E-state index in [4.69, 9.17) is 11.5 Å². The molecule has 0 unspecified atom stereocenters.